The molecule has 0 aliphatic carbocycles. The lowest BCUT2D eigenvalue weighted by Crippen LogP contribution is -2.21. The average molecular weight is 280 g/mol. The fourth-order valence-corrected chi connectivity index (χ4v) is 1.84. The predicted molar refractivity (Wildman–Crippen MR) is 61.9 cm³/mol. The van der Waals surface area contributed by atoms with Crippen LogP contribution in [0.5, 0.6) is 0 Å². The molecule has 0 fully saturated rings. The summed E-state index contributed by atoms with van der Waals surface area (Å²) in [5, 5.41) is 0. The summed E-state index contributed by atoms with van der Waals surface area (Å²) in [6.07, 6.45) is -2.22. The number of ether oxygens (including phenoxy) is 1. The van der Waals surface area contributed by atoms with E-state index in [9.17, 15) is 18.4 Å². The Labute approximate surface area is 107 Å². The highest BCUT2D eigenvalue weighted by molar-refractivity contribution is 6.17. The van der Waals surface area contributed by atoms with E-state index in [2.05, 4.69) is 9.72 Å². The maximum absolute atomic E-state index is 12.7. The van der Waals surface area contributed by atoms with Crippen LogP contribution < -0.4 is 5.56 Å². The van der Waals surface area contributed by atoms with Crippen LogP contribution in [0.2, 0.25) is 0 Å². The average Bonchev–Trinajstić information content (AvgIpc) is 2.31. The van der Waals surface area contributed by atoms with Crippen molar-refractivity contribution in [2.45, 2.75) is 25.7 Å². The van der Waals surface area contributed by atoms with Crippen LogP contribution in [0.25, 0.3) is 0 Å². The molecular weight excluding hydrogens is 268 g/mol. The van der Waals surface area contributed by atoms with E-state index in [1.54, 1.807) is 6.92 Å². The van der Waals surface area contributed by atoms with Crippen molar-refractivity contribution < 1.29 is 18.3 Å². The summed E-state index contributed by atoms with van der Waals surface area (Å²) in [4.78, 5) is 25.0. The molecule has 0 aliphatic rings. The number of alkyl halides is 3. The third-order valence-electron chi connectivity index (χ3n) is 2.34. The van der Waals surface area contributed by atoms with Crippen LogP contribution in [0.3, 0.4) is 0 Å². The number of esters is 1. The van der Waals surface area contributed by atoms with E-state index in [1.807, 2.05) is 0 Å². The van der Waals surface area contributed by atoms with E-state index in [1.165, 1.54) is 0 Å². The number of pyridine rings is 1. The first-order valence-corrected chi connectivity index (χ1v) is 5.77. The molecule has 0 saturated carbocycles. The first-order valence-electron chi connectivity index (χ1n) is 5.24. The molecule has 0 unspecified atom stereocenters. The molecule has 4 nitrogen and oxygen atoms in total. The topological polar surface area (TPSA) is 59.2 Å². The molecule has 1 heterocycles. The van der Waals surface area contributed by atoms with Gasteiger partial charge in [0.05, 0.1) is 13.0 Å². The van der Waals surface area contributed by atoms with E-state index in [-0.39, 0.29) is 35.6 Å². The Hall–Kier alpha value is -1.43. The van der Waals surface area contributed by atoms with Crippen molar-refractivity contribution in [2.75, 3.05) is 6.61 Å². The summed E-state index contributed by atoms with van der Waals surface area (Å²) < 4.78 is 30.1. The van der Waals surface area contributed by atoms with Gasteiger partial charge in [0.15, 0.2) is 0 Å². The lowest BCUT2D eigenvalue weighted by molar-refractivity contribution is -0.142. The highest BCUT2D eigenvalue weighted by Gasteiger charge is 2.20. The molecule has 100 valence electrons. The van der Waals surface area contributed by atoms with E-state index < -0.39 is 18.0 Å². The quantitative estimate of drug-likeness (QED) is 0.664. The number of nitrogens with one attached hydrogen (secondary N) is 1. The summed E-state index contributed by atoms with van der Waals surface area (Å²) in [6, 6.07) is 0. The molecule has 18 heavy (non-hydrogen) atoms. The van der Waals surface area contributed by atoms with Crippen LogP contribution >= 0.6 is 11.6 Å². The Morgan fingerprint density at radius 1 is 1.50 bits per heavy atom. The van der Waals surface area contributed by atoms with Gasteiger partial charge >= 0.3 is 5.97 Å². The van der Waals surface area contributed by atoms with Crippen LogP contribution in [0.1, 0.15) is 30.0 Å². The zero-order valence-electron chi connectivity index (χ0n) is 9.63. The van der Waals surface area contributed by atoms with Crippen molar-refractivity contribution in [3.05, 3.63) is 33.2 Å². The maximum atomic E-state index is 12.7. The Balaban J connectivity index is 3.20. The number of hydrogen-bond acceptors (Lipinski definition) is 3. The second kappa shape index (κ2) is 6.49. The van der Waals surface area contributed by atoms with Gasteiger partial charge in [0.1, 0.15) is 0 Å². The predicted octanol–water partition coefficient (Wildman–Crippen LogP) is 2.16. The van der Waals surface area contributed by atoms with Crippen LogP contribution in [0.4, 0.5) is 8.78 Å². The zero-order valence-corrected chi connectivity index (χ0v) is 10.4. The molecule has 0 amide bonds. The van der Waals surface area contributed by atoms with Gasteiger partial charge in [0.2, 0.25) is 0 Å². The fraction of sp³-hybridized carbons (Fsp3) is 0.455. The molecule has 1 aromatic heterocycles. The van der Waals surface area contributed by atoms with Gasteiger partial charge in [-0.15, -0.1) is 11.6 Å². The molecule has 0 aliphatic heterocycles. The Kier molecular flexibility index (Phi) is 5.27. The number of rotatable bonds is 5. The van der Waals surface area contributed by atoms with Gasteiger partial charge < -0.3 is 9.72 Å². The van der Waals surface area contributed by atoms with Crippen molar-refractivity contribution in [2.24, 2.45) is 0 Å². The van der Waals surface area contributed by atoms with E-state index in [4.69, 9.17) is 11.6 Å². The highest BCUT2D eigenvalue weighted by Crippen LogP contribution is 2.24. The number of H-pyrrole nitrogens is 1. The molecule has 1 aromatic rings. The van der Waals surface area contributed by atoms with Gasteiger partial charge in [0, 0.05) is 23.2 Å². The van der Waals surface area contributed by atoms with Gasteiger partial charge in [-0.2, -0.15) is 0 Å². The van der Waals surface area contributed by atoms with E-state index >= 15 is 0 Å². The Morgan fingerprint density at radius 2 is 2.17 bits per heavy atom. The van der Waals surface area contributed by atoms with Gasteiger partial charge in [-0.3, -0.25) is 9.59 Å². The first kappa shape index (κ1) is 14.6. The molecule has 7 heteroatoms. The van der Waals surface area contributed by atoms with Crippen LogP contribution in [-0.4, -0.2) is 17.6 Å². The monoisotopic (exact) mass is 279 g/mol. The standard InChI is InChI=1S/C11H12ClF2NO3/c1-2-18-9(16)3-6-7(4-12)8(10(13)14)5-15-11(6)17/h5,10H,2-4H2,1H3,(H,15,17). The molecule has 1 N–H and O–H groups in total. The van der Waals surface area contributed by atoms with Crippen molar-refractivity contribution in [3.63, 3.8) is 0 Å². The normalized spacial score (nSPS) is 10.7. The molecular formula is C11H12ClF2NO3. The van der Waals surface area contributed by atoms with E-state index in [0.29, 0.717) is 0 Å². The summed E-state index contributed by atoms with van der Waals surface area (Å²) in [6.45, 7) is 1.77. The number of aromatic amines is 1. The second-order valence-electron chi connectivity index (χ2n) is 3.45. The first-order chi connectivity index (χ1) is 8.51. The summed E-state index contributed by atoms with van der Waals surface area (Å²) >= 11 is 5.58. The third kappa shape index (κ3) is 3.29. The second-order valence-corrected chi connectivity index (χ2v) is 3.71. The molecule has 0 spiro atoms. The van der Waals surface area contributed by atoms with Gasteiger partial charge in [-0.1, -0.05) is 0 Å². The van der Waals surface area contributed by atoms with Crippen LogP contribution in [0, 0.1) is 0 Å². The molecule has 0 saturated heterocycles. The molecule has 1 rings (SSSR count). The van der Waals surface area contributed by atoms with Crippen molar-refractivity contribution in [3.8, 4) is 0 Å². The minimum atomic E-state index is -2.77. The summed E-state index contributed by atoms with van der Waals surface area (Å²) in [7, 11) is 0. The zero-order chi connectivity index (χ0) is 13.7. The molecule has 0 atom stereocenters. The van der Waals surface area contributed by atoms with E-state index in [0.717, 1.165) is 6.20 Å². The van der Waals surface area contributed by atoms with Gasteiger partial charge in [0.25, 0.3) is 12.0 Å². The number of carbonyl (C=O) groups is 1. The van der Waals surface area contributed by atoms with Crippen LogP contribution in [-0.2, 0) is 21.8 Å². The maximum Gasteiger partial charge on any atom is 0.310 e. The minimum absolute atomic E-state index is 0.0107. The lowest BCUT2D eigenvalue weighted by atomic mass is 10.0. The van der Waals surface area contributed by atoms with Crippen LogP contribution in [0.15, 0.2) is 11.0 Å². The number of halogens is 3. The Morgan fingerprint density at radius 3 is 2.67 bits per heavy atom. The smallest absolute Gasteiger partial charge is 0.310 e. The summed E-state index contributed by atoms with van der Waals surface area (Å²) in [5.74, 6) is -0.918. The number of carbonyl (C=O) groups excluding carboxylic acids is 1. The largest absolute Gasteiger partial charge is 0.466 e. The van der Waals surface area contributed by atoms with Crippen molar-refractivity contribution in [1.82, 2.24) is 4.98 Å². The highest BCUT2D eigenvalue weighted by atomic mass is 35.5. The number of aromatic nitrogens is 1. The SMILES string of the molecule is CCOC(=O)Cc1c(CCl)c(C(F)F)c[nH]c1=O. The summed E-state index contributed by atoms with van der Waals surface area (Å²) in [5.41, 5.74) is -1.06. The third-order valence-corrected chi connectivity index (χ3v) is 2.61. The van der Waals surface area contributed by atoms with Gasteiger partial charge in [-0.05, 0) is 12.5 Å². The fourth-order valence-electron chi connectivity index (χ4n) is 1.52. The van der Waals surface area contributed by atoms with Gasteiger partial charge in [-0.25, -0.2) is 8.78 Å². The van der Waals surface area contributed by atoms with Crippen molar-refractivity contribution in [1.29, 1.82) is 0 Å². The van der Waals surface area contributed by atoms with Crippen molar-refractivity contribution >= 4 is 17.6 Å². The minimum Gasteiger partial charge on any atom is -0.466 e. The number of hydrogen-bond donors (Lipinski definition) is 1. The Bertz CT molecular complexity index is 488. The molecule has 0 aromatic carbocycles. The molecule has 0 bridgehead atoms. The lowest BCUT2D eigenvalue weighted by Gasteiger charge is -2.10. The molecule has 0 radical (unpaired) electrons.